The van der Waals surface area contributed by atoms with E-state index in [1.54, 1.807) is 0 Å². The SMILES string of the molecule is O=C(C=Cc1ccc(OC(F)=C(F)F)cc1)c1ccc(C(F)(F)F)cc1. The highest BCUT2D eigenvalue weighted by atomic mass is 19.4. The van der Waals surface area contributed by atoms with Crippen LogP contribution in [0, 0.1) is 0 Å². The van der Waals surface area contributed by atoms with E-state index in [1.165, 1.54) is 30.3 Å². The van der Waals surface area contributed by atoms with Crippen molar-refractivity contribution in [2.24, 2.45) is 0 Å². The fourth-order valence-electron chi connectivity index (χ4n) is 1.88. The van der Waals surface area contributed by atoms with Crippen LogP contribution in [0.4, 0.5) is 26.3 Å². The Bertz CT molecular complexity index is 829. The van der Waals surface area contributed by atoms with Crippen molar-refractivity contribution in [3.8, 4) is 5.75 Å². The van der Waals surface area contributed by atoms with Crippen LogP contribution in [0.15, 0.2) is 66.7 Å². The van der Waals surface area contributed by atoms with Crippen molar-refractivity contribution in [3.63, 3.8) is 0 Å². The van der Waals surface area contributed by atoms with Gasteiger partial charge in [-0.25, -0.2) is 0 Å². The Labute approximate surface area is 144 Å². The summed E-state index contributed by atoms with van der Waals surface area (Å²) < 4.78 is 78.1. The number of rotatable bonds is 5. The van der Waals surface area contributed by atoms with Gasteiger partial charge >= 0.3 is 18.3 Å². The molecule has 0 aliphatic carbocycles. The maximum Gasteiger partial charge on any atom is 0.416 e. The summed E-state index contributed by atoms with van der Waals surface area (Å²) in [4.78, 5) is 11.9. The number of carbonyl (C=O) groups is 1. The lowest BCUT2D eigenvalue weighted by Crippen LogP contribution is -2.05. The minimum absolute atomic E-state index is 0.0693. The zero-order valence-corrected chi connectivity index (χ0v) is 12.9. The van der Waals surface area contributed by atoms with Crippen molar-refractivity contribution in [2.45, 2.75) is 6.18 Å². The van der Waals surface area contributed by atoms with Crippen LogP contribution in [0.25, 0.3) is 6.08 Å². The van der Waals surface area contributed by atoms with Crippen molar-refractivity contribution < 1.29 is 35.9 Å². The molecule has 0 aliphatic rings. The van der Waals surface area contributed by atoms with Gasteiger partial charge in [-0.15, -0.1) is 0 Å². The van der Waals surface area contributed by atoms with Crippen LogP contribution in [0.2, 0.25) is 0 Å². The number of hydrogen-bond acceptors (Lipinski definition) is 2. The Morgan fingerprint density at radius 2 is 1.46 bits per heavy atom. The molecule has 0 bridgehead atoms. The second-order valence-electron chi connectivity index (χ2n) is 4.98. The highest BCUT2D eigenvalue weighted by Gasteiger charge is 2.30. The molecule has 2 nitrogen and oxygen atoms in total. The summed E-state index contributed by atoms with van der Waals surface area (Å²) in [6.45, 7) is 0. The van der Waals surface area contributed by atoms with Gasteiger partial charge in [0.2, 0.25) is 0 Å². The minimum Gasteiger partial charge on any atom is -0.428 e. The minimum atomic E-state index is -4.49. The largest absolute Gasteiger partial charge is 0.428 e. The van der Waals surface area contributed by atoms with Crippen molar-refractivity contribution in [1.29, 1.82) is 0 Å². The van der Waals surface area contributed by atoms with E-state index in [-0.39, 0.29) is 11.3 Å². The van der Waals surface area contributed by atoms with Gasteiger partial charge in [-0.3, -0.25) is 4.79 Å². The van der Waals surface area contributed by atoms with Gasteiger partial charge in [-0.05, 0) is 35.9 Å². The Balaban J connectivity index is 2.05. The molecule has 0 saturated carbocycles. The van der Waals surface area contributed by atoms with Gasteiger partial charge in [0.15, 0.2) is 5.78 Å². The van der Waals surface area contributed by atoms with E-state index in [0.29, 0.717) is 5.56 Å². The normalized spacial score (nSPS) is 11.5. The van der Waals surface area contributed by atoms with E-state index in [1.807, 2.05) is 0 Å². The predicted molar refractivity (Wildman–Crippen MR) is 82.2 cm³/mol. The second kappa shape index (κ2) is 7.90. The van der Waals surface area contributed by atoms with Crippen LogP contribution >= 0.6 is 0 Å². The Morgan fingerprint density at radius 1 is 0.885 bits per heavy atom. The molecule has 0 saturated heterocycles. The highest BCUT2D eigenvalue weighted by molar-refractivity contribution is 6.06. The summed E-state index contributed by atoms with van der Waals surface area (Å²) in [5.41, 5.74) is -0.317. The third-order valence-corrected chi connectivity index (χ3v) is 3.16. The lowest BCUT2D eigenvalue weighted by molar-refractivity contribution is -0.137. The number of allylic oxidation sites excluding steroid dienone is 1. The molecular weight excluding hydrogens is 362 g/mol. The lowest BCUT2D eigenvalue weighted by atomic mass is 10.1. The molecule has 0 aromatic heterocycles. The number of hydrogen-bond donors (Lipinski definition) is 0. The molecule has 0 N–H and O–H groups in total. The predicted octanol–water partition coefficient (Wildman–Crippen LogP) is 6.02. The first-order valence-corrected chi connectivity index (χ1v) is 7.05. The first kappa shape index (κ1) is 19.3. The van der Waals surface area contributed by atoms with Gasteiger partial charge in [0.1, 0.15) is 5.75 Å². The molecule has 2 aromatic carbocycles. The zero-order chi connectivity index (χ0) is 19.3. The Hall–Kier alpha value is -3.03. The topological polar surface area (TPSA) is 26.3 Å². The van der Waals surface area contributed by atoms with Crippen LogP contribution in [0.5, 0.6) is 5.75 Å². The van der Waals surface area contributed by atoms with Crippen molar-refractivity contribution in [2.75, 3.05) is 0 Å². The fraction of sp³-hybridized carbons (Fsp3) is 0.0556. The maximum atomic E-state index is 12.6. The molecular formula is C18H10F6O2. The molecule has 0 heterocycles. The highest BCUT2D eigenvalue weighted by Crippen LogP contribution is 2.29. The number of ketones is 1. The molecule has 0 amide bonds. The van der Waals surface area contributed by atoms with E-state index in [9.17, 15) is 31.1 Å². The molecule has 0 aliphatic heterocycles. The summed E-state index contributed by atoms with van der Waals surface area (Å²) in [5.74, 6) is -0.686. The third-order valence-electron chi connectivity index (χ3n) is 3.16. The molecule has 26 heavy (non-hydrogen) atoms. The van der Waals surface area contributed by atoms with Gasteiger partial charge in [0.25, 0.3) is 0 Å². The van der Waals surface area contributed by atoms with E-state index in [2.05, 4.69) is 4.74 Å². The number of halogens is 6. The molecule has 0 unspecified atom stereocenters. The molecule has 0 atom stereocenters. The standard InChI is InChI=1S/C18H10F6O2/c19-16(20)17(21)26-14-8-1-11(2-9-14)3-10-15(25)12-4-6-13(7-5-12)18(22,23)24/h1-10H. The molecule has 0 fully saturated rings. The molecule has 2 aromatic rings. The average Bonchev–Trinajstić information content (AvgIpc) is 2.60. The smallest absolute Gasteiger partial charge is 0.416 e. The van der Waals surface area contributed by atoms with Gasteiger partial charge in [0, 0.05) is 5.56 Å². The summed E-state index contributed by atoms with van der Waals surface area (Å²) >= 11 is 0. The van der Waals surface area contributed by atoms with Crippen LogP contribution in [0.3, 0.4) is 0 Å². The summed E-state index contributed by atoms with van der Waals surface area (Å²) in [7, 11) is 0. The summed E-state index contributed by atoms with van der Waals surface area (Å²) in [6.07, 6.45) is -4.57. The molecule has 8 heteroatoms. The number of alkyl halides is 3. The third kappa shape index (κ3) is 5.23. The summed E-state index contributed by atoms with van der Waals surface area (Å²) in [5, 5.41) is 0. The number of ether oxygens (including phenoxy) is 1. The van der Waals surface area contributed by atoms with E-state index < -0.39 is 29.6 Å². The Morgan fingerprint density at radius 3 is 1.96 bits per heavy atom. The van der Waals surface area contributed by atoms with E-state index >= 15 is 0 Å². The first-order valence-electron chi connectivity index (χ1n) is 7.05. The lowest BCUT2D eigenvalue weighted by Gasteiger charge is -2.06. The Kier molecular flexibility index (Phi) is 5.86. The molecule has 0 spiro atoms. The molecule has 2 rings (SSSR count). The zero-order valence-electron chi connectivity index (χ0n) is 12.9. The molecule has 136 valence electrons. The van der Waals surface area contributed by atoms with Gasteiger partial charge in [-0.2, -0.15) is 26.3 Å². The van der Waals surface area contributed by atoms with Gasteiger partial charge in [0.05, 0.1) is 5.56 Å². The van der Waals surface area contributed by atoms with Crippen LogP contribution in [0.1, 0.15) is 21.5 Å². The van der Waals surface area contributed by atoms with Crippen LogP contribution in [-0.2, 0) is 6.18 Å². The quantitative estimate of drug-likeness (QED) is 0.278. The van der Waals surface area contributed by atoms with Crippen LogP contribution in [-0.4, -0.2) is 5.78 Å². The van der Waals surface area contributed by atoms with Crippen molar-refractivity contribution in [3.05, 3.63) is 83.4 Å². The van der Waals surface area contributed by atoms with Crippen LogP contribution < -0.4 is 4.74 Å². The molecule has 0 radical (unpaired) electrons. The average molecular weight is 372 g/mol. The summed E-state index contributed by atoms with van der Waals surface area (Å²) in [6, 6.07) is 6.92. The van der Waals surface area contributed by atoms with Crippen molar-refractivity contribution in [1.82, 2.24) is 0 Å². The second-order valence-corrected chi connectivity index (χ2v) is 4.98. The van der Waals surface area contributed by atoms with Gasteiger partial charge in [-0.1, -0.05) is 30.3 Å². The monoisotopic (exact) mass is 372 g/mol. The van der Waals surface area contributed by atoms with E-state index in [4.69, 9.17) is 0 Å². The fourth-order valence-corrected chi connectivity index (χ4v) is 1.88. The number of carbonyl (C=O) groups excluding carboxylic acids is 1. The first-order chi connectivity index (χ1) is 12.2. The van der Waals surface area contributed by atoms with Crippen molar-refractivity contribution >= 4 is 11.9 Å². The maximum absolute atomic E-state index is 12.6. The van der Waals surface area contributed by atoms with E-state index in [0.717, 1.165) is 30.3 Å². The van der Waals surface area contributed by atoms with Gasteiger partial charge < -0.3 is 4.74 Å². The number of benzene rings is 2.